The van der Waals surface area contributed by atoms with Crippen LogP contribution in [0.5, 0.6) is 11.5 Å². The Hall–Kier alpha value is -2.77. The number of rotatable bonds is 8. The van der Waals surface area contributed by atoms with Gasteiger partial charge in [0.25, 0.3) is 0 Å². The largest absolute Gasteiger partial charge is 0.497 e. The maximum atomic E-state index is 12.8. The number of carbonyl (C=O) groups excluding carboxylic acids is 2. The predicted octanol–water partition coefficient (Wildman–Crippen LogP) is 3.35. The summed E-state index contributed by atoms with van der Waals surface area (Å²) >= 11 is 6.34. The summed E-state index contributed by atoms with van der Waals surface area (Å²) in [4.78, 5) is 29.2. The lowest BCUT2D eigenvalue weighted by Gasteiger charge is -2.38. The number of ether oxygens (including phenoxy) is 3. The van der Waals surface area contributed by atoms with E-state index in [4.69, 9.17) is 25.8 Å². The van der Waals surface area contributed by atoms with Gasteiger partial charge in [-0.2, -0.15) is 0 Å². The van der Waals surface area contributed by atoms with Crippen LogP contribution in [0.2, 0.25) is 5.02 Å². The van der Waals surface area contributed by atoms with E-state index >= 15 is 0 Å². The maximum absolute atomic E-state index is 12.8. The van der Waals surface area contributed by atoms with E-state index in [1.54, 1.807) is 26.4 Å². The lowest BCUT2D eigenvalue weighted by molar-refractivity contribution is -0.148. The monoisotopic (exact) mass is 460 g/mol. The Bertz CT molecular complexity index is 921. The Morgan fingerprint density at radius 3 is 2.16 bits per heavy atom. The summed E-state index contributed by atoms with van der Waals surface area (Å²) in [5.74, 6) is 1.13. The number of amides is 1. The minimum absolute atomic E-state index is 0.0822. The summed E-state index contributed by atoms with van der Waals surface area (Å²) in [6.45, 7) is 2.20. The molecule has 2 aromatic carbocycles. The van der Waals surface area contributed by atoms with E-state index < -0.39 is 6.04 Å². The van der Waals surface area contributed by atoms with Crippen molar-refractivity contribution < 1.29 is 23.8 Å². The molecule has 0 saturated carbocycles. The average molecular weight is 461 g/mol. The molecule has 1 atom stereocenters. The van der Waals surface area contributed by atoms with Gasteiger partial charge in [0.05, 0.1) is 21.3 Å². The van der Waals surface area contributed by atoms with E-state index in [1.165, 1.54) is 7.11 Å². The number of piperazine rings is 1. The maximum Gasteiger partial charge on any atom is 0.327 e. The lowest BCUT2D eigenvalue weighted by atomic mass is 10.0. The van der Waals surface area contributed by atoms with Crippen molar-refractivity contribution in [3.63, 3.8) is 0 Å². The molecule has 0 aromatic heterocycles. The first-order valence-corrected chi connectivity index (χ1v) is 10.9. The Labute approximate surface area is 193 Å². The standard InChI is InChI=1S/C24H29ClN2O5/c1-30-18-14-17(15-19(16-18)31-2)8-9-22(28)26-10-12-27(13-11-26)23(24(29)32-3)20-6-4-5-7-21(20)25/h4-7,14-16,23H,8-13H2,1-3H3. The number of hydrogen-bond donors (Lipinski definition) is 0. The molecule has 0 radical (unpaired) electrons. The first-order chi connectivity index (χ1) is 15.5. The number of aryl methyl sites for hydroxylation is 1. The van der Waals surface area contributed by atoms with E-state index in [2.05, 4.69) is 0 Å². The van der Waals surface area contributed by atoms with Gasteiger partial charge in [-0.15, -0.1) is 0 Å². The molecule has 8 heteroatoms. The molecule has 3 rings (SSSR count). The number of nitrogens with zero attached hydrogens (tertiary/aromatic N) is 2. The molecule has 1 amide bonds. The molecule has 172 valence electrons. The van der Waals surface area contributed by atoms with Crippen LogP contribution >= 0.6 is 11.6 Å². The van der Waals surface area contributed by atoms with E-state index in [0.29, 0.717) is 61.1 Å². The van der Waals surface area contributed by atoms with E-state index in [-0.39, 0.29) is 11.9 Å². The molecule has 1 saturated heterocycles. The van der Waals surface area contributed by atoms with Crippen LogP contribution in [0.3, 0.4) is 0 Å². The molecule has 1 heterocycles. The highest BCUT2D eigenvalue weighted by atomic mass is 35.5. The van der Waals surface area contributed by atoms with Crippen LogP contribution in [-0.2, 0) is 20.7 Å². The minimum atomic E-state index is -0.588. The molecular weight excluding hydrogens is 432 g/mol. The number of hydrogen-bond acceptors (Lipinski definition) is 6. The summed E-state index contributed by atoms with van der Waals surface area (Å²) in [7, 11) is 4.58. The van der Waals surface area contributed by atoms with Crippen molar-refractivity contribution in [3.8, 4) is 11.5 Å². The van der Waals surface area contributed by atoms with Gasteiger partial charge in [-0.25, -0.2) is 4.79 Å². The van der Waals surface area contributed by atoms with Crippen molar-refractivity contribution in [2.45, 2.75) is 18.9 Å². The van der Waals surface area contributed by atoms with Gasteiger partial charge in [0.1, 0.15) is 17.5 Å². The van der Waals surface area contributed by atoms with Gasteiger partial charge in [0.2, 0.25) is 5.91 Å². The first kappa shape index (κ1) is 23.9. The molecule has 2 aromatic rings. The number of esters is 1. The quantitative estimate of drug-likeness (QED) is 0.563. The third-order valence-electron chi connectivity index (χ3n) is 5.70. The number of benzene rings is 2. The Morgan fingerprint density at radius 1 is 0.969 bits per heavy atom. The van der Waals surface area contributed by atoms with E-state index in [0.717, 1.165) is 5.56 Å². The number of methoxy groups -OCH3 is 3. The van der Waals surface area contributed by atoms with E-state index in [1.807, 2.05) is 40.1 Å². The average Bonchev–Trinajstić information content (AvgIpc) is 2.83. The molecule has 0 bridgehead atoms. The highest BCUT2D eigenvalue weighted by Crippen LogP contribution is 2.30. The van der Waals surface area contributed by atoms with Crippen LogP contribution in [0.1, 0.15) is 23.6 Å². The van der Waals surface area contributed by atoms with Crippen LogP contribution in [0.4, 0.5) is 0 Å². The second-order valence-electron chi connectivity index (χ2n) is 7.58. The molecule has 0 N–H and O–H groups in total. The van der Waals surface area contributed by atoms with E-state index in [9.17, 15) is 9.59 Å². The van der Waals surface area contributed by atoms with Crippen LogP contribution in [0, 0.1) is 0 Å². The lowest BCUT2D eigenvalue weighted by Crippen LogP contribution is -2.51. The molecule has 1 aliphatic rings. The third kappa shape index (κ3) is 5.72. The van der Waals surface area contributed by atoms with Crippen molar-refractivity contribution >= 4 is 23.5 Å². The SMILES string of the molecule is COC(=O)C(c1ccccc1Cl)N1CCN(C(=O)CCc2cc(OC)cc(OC)c2)CC1. The predicted molar refractivity (Wildman–Crippen MR) is 122 cm³/mol. The zero-order chi connectivity index (χ0) is 23.1. The zero-order valence-corrected chi connectivity index (χ0v) is 19.4. The third-order valence-corrected chi connectivity index (χ3v) is 6.04. The first-order valence-electron chi connectivity index (χ1n) is 10.5. The van der Waals surface area contributed by atoms with Gasteiger partial charge in [0.15, 0.2) is 0 Å². The fourth-order valence-electron chi connectivity index (χ4n) is 3.93. The van der Waals surface area contributed by atoms with Gasteiger partial charge in [-0.1, -0.05) is 29.8 Å². The Kier molecular flexibility index (Phi) is 8.36. The summed E-state index contributed by atoms with van der Waals surface area (Å²) in [5, 5.41) is 0.523. The Balaban J connectivity index is 1.60. The van der Waals surface area contributed by atoms with Gasteiger partial charge < -0.3 is 19.1 Å². The van der Waals surface area contributed by atoms with Crippen molar-refractivity contribution in [2.75, 3.05) is 47.5 Å². The molecule has 1 unspecified atom stereocenters. The van der Waals surface area contributed by atoms with Gasteiger partial charge in [-0.3, -0.25) is 9.69 Å². The molecule has 7 nitrogen and oxygen atoms in total. The summed E-state index contributed by atoms with van der Waals surface area (Å²) in [5.41, 5.74) is 1.70. The molecule has 0 aliphatic carbocycles. The molecule has 0 spiro atoms. The van der Waals surface area contributed by atoms with Crippen molar-refractivity contribution in [3.05, 3.63) is 58.6 Å². The normalized spacial score (nSPS) is 15.2. The van der Waals surface area contributed by atoms with Gasteiger partial charge in [-0.05, 0) is 35.7 Å². The minimum Gasteiger partial charge on any atom is -0.497 e. The highest BCUT2D eigenvalue weighted by molar-refractivity contribution is 6.31. The number of carbonyl (C=O) groups is 2. The van der Waals surface area contributed by atoms with Gasteiger partial charge in [0, 0.05) is 43.7 Å². The molecule has 1 aliphatic heterocycles. The fraction of sp³-hybridized carbons (Fsp3) is 0.417. The van der Waals surface area contributed by atoms with Crippen molar-refractivity contribution in [1.29, 1.82) is 0 Å². The van der Waals surface area contributed by atoms with Crippen LogP contribution in [0.25, 0.3) is 0 Å². The second-order valence-corrected chi connectivity index (χ2v) is 7.99. The molecule has 32 heavy (non-hydrogen) atoms. The van der Waals surface area contributed by atoms with Crippen LogP contribution in [0.15, 0.2) is 42.5 Å². The van der Waals surface area contributed by atoms with Crippen molar-refractivity contribution in [1.82, 2.24) is 9.80 Å². The van der Waals surface area contributed by atoms with Gasteiger partial charge >= 0.3 is 5.97 Å². The van der Waals surface area contributed by atoms with Crippen LogP contribution < -0.4 is 9.47 Å². The topological polar surface area (TPSA) is 68.3 Å². The fourth-order valence-corrected chi connectivity index (χ4v) is 4.17. The summed E-state index contributed by atoms with van der Waals surface area (Å²) in [6, 6.07) is 12.3. The highest BCUT2D eigenvalue weighted by Gasteiger charge is 2.33. The van der Waals surface area contributed by atoms with Crippen LogP contribution in [-0.4, -0.2) is 69.2 Å². The number of halogens is 1. The molecule has 1 fully saturated rings. The smallest absolute Gasteiger partial charge is 0.327 e. The summed E-state index contributed by atoms with van der Waals surface area (Å²) < 4.78 is 15.6. The summed E-state index contributed by atoms with van der Waals surface area (Å²) in [6.07, 6.45) is 0.984. The van der Waals surface area contributed by atoms with Crippen molar-refractivity contribution in [2.24, 2.45) is 0 Å². The Morgan fingerprint density at radius 2 is 1.59 bits per heavy atom. The molecular formula is C24H29ClN2O5. The second kappa shape index (κ2) is 11.2. The zero-order valence-electron chi connectivity index (χ0n) is 18.7.